The van der Waals surface area contributed by atoms with Gasteiger partial charge in [0.15, 0.2) is 0 Å². The average Bonchev–Trinajstić information content (AvgIpc) is 2.70. The number of nitrogens with one attached hydrogen (secondary N) is 1. The van der Waals surface area contributed by atoms with E-state index >= 15 is 0 Å². The van der Waals surface area contributed by atoms with Gasteiger partial charge in [-0.2, -0.15) is 0 Å². The van der Waals surface area contributed by atoms with Crippen LogP contribution in [-0.2, 0) is 12.8 Å². The predicted octanol–water partition coefficient (Wildman–Crippen LogP) is 4.24. The van der Waals surface area contributed by atoms with E-state index in [0.717, 1.165) is 6.54 Å². The van der Waals surface area contributed by atoms with Crippen molar-refractivity contribution in [2.24, 2.45) is 5.41 Å². The molecule has 2 aliphatic carbocycles. The fraction of sp³-hybridized carbons (Fsp3) is 0.400. The summed E-state index contributed by atoms with van der Waals surface area (Å²) in [7, 11) is 0. The Balaban J connectivity index is 1.50. The van der Waals surface area contributed by atoms with E-state index in [1.807, 2.05) is 0 Å². The van der Waals surface area contributed by atoms with E-state index in [4.69, 9.17) is 0 Å². The molecule has 0 saturated heterocycles. The van der Waals surface area contributed by atoms with Gasteiger partial charge in [0.25, 0.3) is 0 Å². The first kappa shape index (κ1) is 13.1. The Morgan fingerprint density at radius 2 is 1.62 bits per heavy atom. The lowest BCUT2D eigenvalue weighted by molar-refractivity contribution is 0.263. The molecule has 2 aromatic carbocycles. The van der Waals surface area contributed by atoms with Crippen LogP contribution in [0.5, 0.6) is 0 Å². The molecule has 2 unspecified atom stereocenters. The number of fused-ring (bicyclic) bond motifs is 2. The van der Waals surface area contributed by atoms with Crippen molar-refractivity contribution in [1.82, 2.24) is 5.32 Å². The third-order valence-corrected chi connectivity index (χ3v) is 5.32. The molecule has 0 amide bonds. The van der Waals surface area contributed by atoms with Crippen molar-refractivity contribution < 1.29 is 0 Å². The molecule has 0 fully saturated rings. The zero-order chi connectivity index (χ0) is 14.4. The van der Waals surface area contributed by atoms with Gasteiger partial charge in [-0.25, -0.2) is 0 Å². The van der Waals surface area contributed by atoms with Gasteiger partial charge in [0.1, 0.15) is 0 Å². The second-order valence-corrected chi connectivity index (χ2v) is 7.31. The Kier molecular flexibility index (Phi) is 2.93. The van der Waals surface area contributed by atoms with E-state index < -0.39 is 0 Å². The van der Waals surface area contributed by atoms with Crippen LogP contribution in [0.15, 0.2) is 48.5 Å². The molecule has 2 aromatic rings. The summed E-state index contributed by atoms with van der Waals surface area (Å²) in [5.41, 5.74) is 6.43. The zero-order valence-electron chi connectivity index (χ0n) is 12.9. The SMILES string of the molecule is CC1(C)Cc2ccccc2C1NCC1Cc2ccccc21. The van der Waals surface area contributed by atoms with Gasteiger partial charge in [0, 0.05) is 18.5 Å². The molecular weight excluding hydrogens is 254 g/mol. The molecule has 1 N–H and O–H groups in total. The van der Waals surface area contributed by atoms with Crippen molar-refractivity contribution in [3.8, 4) is 0 Å². The van der Waals surface area contributed by atoms with Gasteiger partial charge >= 0.3 is 0 Å². The van der Waals surface area contributed by atoms with Gasteiger partial charge in [-0.15, -0.1) is 0 Å². The lowest BCUT2D eigenvalue weighted by Crippen LogP contribution is -2.36. The zero-order valence-corrected chi connectivity index (χ0v) is 12.9. The quantitative estimate of drug-likeness (QED) is 0.885. The van der Waals surface area contributed by atoms with Crippen molar-refractivity contribution in [3.05, 3.63) is 70.8 Å². The van der Waals surface area contributed by atoms with Crippen LogP contribution >= 0.6 is 0 Å². The fourth-order valence-electron chi connectivity index (χ4n) is 4.18. The molecule has 0 spiro atoms. The molecule has 21 heavy (non-hydrogen) atoms. The Hall–Kier alpha value is -1.60. The largest absolute Gasteiger partial charge is 0.309 e. The first-order valence-electron chi connectivity index (χ1n) is 8.04. The van der Waals surface area contributed by atoms with Crippen molar-refractivity contribution in [2.45, 2.75) is 38.6 Å². The third kappa shape index (κ3) is 2.11. The average molecular weight is 277 g/mol. The molecule has 2 aliphatic rings. The van der Waals surface area contributed by atoms with Crippen LogP contribution in [0.25, 0.3) is 0 Å². The van der Waals surface area contributed by atoms with Crippen molar-refractivity contribution in [3.63, 3.8) is 0 Å². The van der Waals surface area contributed by atoms with Gasteiger partial charge in [-0.3, -0.25) is 0 Å². The van der Waals surface area contributed by atoms with Gasteiger partial charge < -0.3 is 5.32 Å². The molecule has 0 aromatic heterocycles. The highest BCUT2D eigenvalue weighted by molar-refractivity contribution is 5.41. The molecule has 0 bridgehead atoms. The van der Waals surface area contributed by atoms with E-state index in [-0.39, 0.29) is 0 Å². The highest BCUT2D eigenvalue weighted by Gasteiger charge is 2.39. The van der Waals surface area contributed by atoms with E-state index in [1.54, 1.807) is 5.56 Å². The first-order chi connectivity index (χ1) is 10.1. The third-order valence-electron chi connectivity index (χ3n) is 5.32. The highest BCUT2D eigenvalue weighted by Crippen LogP contribution is 2.45. The van der Waals surface area contributed by atoms with Crippen molar-refractivity contribution in [1.29, 1.82) is 0 Å². The van der Waals surface area contributed by atoms with Gasteiger partial charge in [-0.05, 0) is 40.5 Å². The molecule has 108 valence electrons. The Morgan fingerprint density at radius 3 is 2.38 bits per heavy atom. The van der Waals surface area contributed by atoms with E-state index in [9.17, 15) is 0 Å². The van der Waals surface area contributed by atoms with E-state index in [2.05, 4.69) is 67.7 Å². The maximum atomic E-state index is 3.87. The number of rotatable bonds is 3. The monoisotopic (exact) mass is 277 g/mol. The van der Waals surface area contributed by atoms with E-state index in [1.165, 1.54) is 29.5 Å². The molecule has 0 aliphatic heterocycles. The summed E-state index contributed by atoms with van der Waals surface area (Å²) in [6.45, 7) is 5.87. The summed E-state index contributed by atoms with van der Waals surface area (Å²) in [6.07, 6.45) is 2.42. The van der Waals surface area contributed by atoms with Crippen LogP contribution in [0.3, 0.4) is 0 Å². The molecular formula is C20H23N. The van der Waals surface area contributed by atoms with Crippen molar-refractivity contribution in [2.75, 3.05) is 6.54 Å². The summed E-state index contributed by atoms with van der Waals surface area (Å²) in [4.78, 5) is 0. The lowest BCUT2D eigenvalue weighted by Gasteiger charge is -2.34. The fourth-order valence-corrected chi connectivity index (χ4v) is 4.18. The second-order valence-electron chi connectivity index (χ2n) is 7.31. The second kappa shape index (κ2) is 4.71. The first-order valence-corrected chi connectivity index (χ1v) is 8.04. The Morgan fingerprint density at radius 1 is 0.952 bits per heavy atom. The van der Waals surface area contributed by atoms with Crippen LogP contribution in [0.1, 0.15) is 48.1 Å². The Labute approximate surface area is 127 Å². The molecule has 2 atom stereocenters. The van der Waals surface area contributed by atoms with E-state index in [0.29, 0.717) is 17.4 Å². The standard InChI is InChI=1S/C20H23N/c1-20(2)12-15-8-4-6-10-18(15)19(20)21-13-16-11-14-7-3-5-9-17(14)16/h3-10,16,19,21H,11-13H2,1-2H3. The van der Waals surface area contributed by atoms with Crippen LogP contribution in [0.2, 0.25) is 0 Å². The Bertz CT molecular complexity index is 671. The van der Waals surface area contributed by atoms with Gasteiger partial charge in [0.2, 0.25) is 0 Å². The maximum absolute atomic E-state index is 3.87. The number of hydrogen-bond donors (Lipinski definition) is 1. The molecule has 1 heteroatoms. The van der Waals surface area contributed by atoms with Gasteiger partial charge in [0.05, 0.1) is 0 Å². The summed E-state index contributed by atoms with van der Waals surface area (Å²) >= 11 is 0. The molecule has 1 nitrogen and oxygen atoms in total. The maximum Gasteiger partial charge on any atom is 0.0378 e. The molecule has 0 saturated carbocycles. The minimum atomic E-state index is 0.312. The minimum absolute atomic E-state index is 0.312. The summed E-state index contributed by atoms with van der Waals surface area (Å²) in [5, 5.41) is 3.87. The topological polar surface area (TPSA) is 12.0 Å². The molecule has 0 radical (unpaired) electrons. The van der Waals surface area contributed by atoms with Crippen LogP contribution in [0, 0.1) is 5.41 Å². The molecule has 0 heterocycles. The summed E-state index contributed by atoms with van der Waals surface area (Å²) in [5.74, 6) is 0.699. The van der Waals surface area contributed by atoms with Gasteiger partial charge in [-0.1, -0.05) is 62.4 Å². The molecule has 4 rings (SSSR count). The smallest absolute Gasteiger partial charge is 0.0378 e. The minimum Gasteiger partial charge on any atom is -0.309 e. The van der Waals surface area contributed by atoms with Crippen LogP contribution in [0.4, 0.5) is 0 Å². The summed E-state index contributed by atoms with van der Waals surface area (Å²) < 4.78 is 0. The lowest BCUT2D eigenvalue weighted by atomic mass is 9.77. The number of benzene rings is 2. The summed E-state index contributed by atoms with van der Waals surface area (Å²) in [6, 6.07) is 18.3. The highest BCUT2D eigenvalue weighted by atomic mass is 14.9. The van der Waals surface area contributed by atoms with Crippen LogP contribution in [-0.4, -0.2) is 6.54 Å². The van der Waals surface area contributed by atoms with Crippen molar-refractivity contribution >= 4 is 0 Å². The van der Waals surface area contributed by atoms with Crippen LogP contribution < -0.4 is 5.32 Å². The normalized spacial score (nSPS) is 25.0. The number of hydrogen-bond acceptors (Lipinski definition) is 1. The predicted molar refractivity (Wildman–Crippen MR) is 87.6 cm³/mol.